The van der Waals surface area contributed by atoms with Crippen LogP contribution in [0.15, 0.2) is 24.8 Å². The van der Waals surface area contributed by atoms with Gasteiger partial charge in [-0.05, 0) is 53.4 Å². The summed E-state index contributed by atoms with van der Waals surface area (Å²) in [6, 6.07) is -3.81. The zero-order chi connectivity index (χ0) is 51.1. The Labute approximate surface area is 392 Å². The lowest BCUT2D eigenvalue weighted by Crippen LogP contribution is -2.53. The number of carboxylic acids is 5. The minimum absolute atomic E-state index is 0.00239. The molecule has 26 heteroatoms. The van der Waals surface area contributed by atoms with Crippen LogP contribution < -0.4 is 25.1 Å². The molecule has 2 aromatic heterocycles. The minimum atomic E-state index is -1.39. The standard InChI is InChI=1S/C42H64N10O16/c1-27-17-46-11-12-47(20-32(54)49(22-34(56)57)15-16-68-26-53)30(46)18-51(19-31-48(13-14-52(27)31)21-33(55)50(23-35(58)59)24-36(60)61)42(5,6)25-41(3,4)39(66)43-10-8-7-9-29(38(64)65)45-40(67)44-28(2)37(62)63/h11-14,27-29,53H,7-10,15-26H2,1-6H3,(H6-2,43,44,45,56,57,58,59,60,61,62,63,64,65,66,67)/p+2. The molecular weight excluding hydrogens is 901 g/mol. The molecule has 0 saturated carbocycles. The van der Waals surface area contributed by atoms with E-state index < -0.39 is 104 Å². The highest BCUT2D eigenvalue weighted by Crippen LogP contribution is 2.34. The number of hydrogen-bond acceptors (Lipinski definition) is 12. The monoisotopic (exact) mass is 966 g/mol. The average molecular weight is 967 g/mol. The highest BCUT2D eigenvalue weighted by molar-refractivity contribution is 5.86. The third-order valence-electron chi connectivity index (χ3n) is 11.5. The molecule has 0 aromatic carbocycles. The van der Waals surface area contributed by atoms with Crippen molar-refractivity contribution in [2.75, 3.05) is 46.1 Å². The van der Waals surface area contributed by atoms with Gasteiger partial charge in [-0.3, -0.25) is 38.5 Å². The number of nitrogens with one attached hydrogen (secondary N) is 3. The van der Waals surface area contributed by atoms with Gasteiger partial charge in [0.1, 0.15) is 89.0 Å². The van der Waals surface area contributed by atoms with Gasteiger partial charge in [-0.2, -0.15) is 0 Å². The van der Waals surface area contributed by atoms with Gasteiger partial charge in [-0.15, -0.1) is 0 Å². The molecule has 0 spiro atoms. The van der Waals surface area contributed by atoms with Crippen LogP contribution in [0.3, 0.4) is 0 Å². The number of urea groups is 1. The largest absolute Gasteiger partial charge is 0.480 e. The van der Waals surface area contributed by atoms with Crippen LogP contribution in [0, 0.1) is 5.41 Å². The first-order valence-electron chi connectivity index (χ1n) is 21.9. The maximum atomic E-state index is 13.9. The summed E-state index contributed by atoms with van der Waals surface area (Å²) in [5, 5.41) is 63.4. The second kappa shape index (κ2) is 24.9. The quantitative estimate of drug-likeness (QED) is 0.0266. The van der Waals surface area contributed by atoms with Gasteiger partial charge < -0.3 is 61.1 Å². The van der Waals surface area contributed by atoms with E-state index >= 15 is 0 Å². The van der Waals surface area contributed by atoms with Crippen LogP contribution in [-0.4, -0.2) is 172 Å². The highest BCUT2D eigenvalue weighted by Gasteiger charge is 2.43. The van der Waals surface area contributed by atoms with Crippen LogP contribution in [0.1, 0.15) is 84.9 Å². The molecule has 5 amide bonds. The molecule has 0 bridgehead atoms. The number of hydrogen-bond donors (Lipinski definition) is 9. The maximum Gasteiger partial charge on any atom is 0.326 e. The van der Waals surface area contributed by atoms with Crippen molar-refractivity contribution in [2.24, 2.45) is 5.41 Å². The fourth-order valence-electron chi connectivity index (χ4n) is 8.03. The first kappa shape index (κ1) is 55.7. The number of nitrogens with zero attached hydrogens (tertiary/aromatic N) is 7. The van der Waals surface area contributed by atoms with Gasteiger partial charge in [-0.1, -0.05) is 13.8 Å². The molecule has 378 valence electrons. The molecule has 1 aliphatic heterocycles. The number of aliphatic hydroxyl groups excluding tert-OH is 1. The van der Waals surface area contributed by atoms with E-state index in [1.807, 2.05) is 34.8 Å². The number of aromatic nitrogens is 4. The number of rotatable bonds is 27. The number of aliphatic carboxylic acids is 5. The van der Waals surface area contributed by atoms with Crippen molar-refractivity contribution < 1.29 is 87.7 Å². The average Bonchev–Trinajstić information content (AvgIpc) is 3.80. The summed E-state index contributed by atoms with van der Waals surface area (Å²) in [6.45, 7) is 7.46. The van der Waals surface area contributed by atoms with Gasteiger partial charge in [0.05, 0.1) is 6.61 Å². The van der Waals surface area contributed by atoms with Crippen molar-refractivity contribution in [2.45, 2.75) is 124 Å². The van der Waals surface area contributed by atoms with Gasteiger partial charge in [0.15, 0.2) is 13.1 Å². The van der Waals surface area contributed by atoms with Gasteiger partial charge in [-0.25, -0.2) is 27.9 Å². The van der Waals surface area contributed by atoms with Crippen molar-refractivity contribution >= 4 is 53.6 Å². The van der Waals surface area contributed by atoms with E-state index in [2.05, 4.69) is 16.0 Å². The SMILES string of the molecule is CC(NC(=O)NC(CCCCNC(=O)C(C)(C)CC(C)(C)N1Cc2n(CC(=O)N(CCOCO)CC(=O)O)cc[n+]2CC(C)n2cc[n+](CC(=O)N(CC(=O)O)CC(=O)O)c2C1)C(=O)O)C(=O)O. The van der Waals surface area contributed by atoms with Crippen LogP contribution in [-0.2, 0) is 75.8 Å². The van der Waals surface area contributed by atoms with E-state index in [0.29, 0.717) is 24.6 Å². The summed E-state index contributed by atoms with van der Waals surface area (Å²) < 4.78 is 12.1. The lowest BCUT2D eigenvalue weighted by Gasteiger charge is -2.41. The number of aliphatic hydroxyl groups is 1. The molecule has 26 nitrogen and oxygen atoms in total. The molecule has 3 atom stereocenters. The maximum absolute atomic E-state index is 13.9. The first-order valence-corrected chi connectivity index (χ1v) is 21.9. The van der Waals surface area contributed by atoms with E-state index in [1.165, 1.54) is 6.92 Å². The third-order valence-corrected chi connectivity index (χ3v) is 11.5. The molecule has 0 radical (unpaired) electrons. The number of carbonyl (C=O) groups is 9. The van der Waals surface area contributed by atoms with Gasteiger partial charge in [0.25, 0.3) is 23.5 Å². The molecule has 1 aliphatic rings. The molecule has 0 aliphatic carbocycles. The number of ether oxygens (including phenoxy) is 1. The predicted octanol–water partition coefficient (Wildman–Crippen LogP) is -1.97. The number of imidazole rings is 2. The zero-order valence-corrected chi connectivity index (χ0v) is 39.3. The fraction of sp³-hybridized carbons (Fsp3) is 0.643. The number of unbranched alkanes of at least 4 members (excludes halogenated alkanes) is 1. The Morgan fingerprint density at radius 2 is 1.44 bits per heavy atom. The summed E-state index contributed by atoms with van der Waals surface area (Å²) >= 11 is 0. The lowest BCUT2D eigenvalue weighted by atomic mass is 9.78. The van der Waals surface area contributed by atoms with Crippen LogP contribution in [0.4, 0.5) is 4.79 Å². The zero-order valence-electron chi connectivity index (χ0n) is 39.3. The molecule has 2 aromatic rings. The third kappa shape index (κ3) is 16.6. The van der Waals surface area contributed by atoms with Gasteiger partial charge in [0.2, 0.25) is 5.91 Å². The predicted molar refractivity (Wildman–Crippen MR) is 232 cm³/mol. The minimum Gasteiger partial charge on any atom is -0.480 e. The Kier molecular flexibility index (Phi) is 20.4. The second-order valence-electron chi connectivity index (χ2n) is 17.9. The Bertz CT molecular complexity index is 2140. The Balaban J connectivity index is 1.94. The summed E-state index contributed by atoms with van der Waals surface area (Å²) in [6.07, 6.45) is 7.72. The Hall–Kier alpha value is -6.67. The Morgan fingerprint density at radius 1 is 0.824 bits per heavy atom. The smallest absolute Gasteiger partial charge is 0.326 e. The number of fused-ring (bicyclic) bond motifs is 2. The molecule has 3 rings (SSSR count). The Morgan fingerprint density at radius 3 is 2.03 bits per heavy atom. The van der Waals surface area contributed by atoms with Crippen molar-refractivity contribution in [3.8, 4) is 0 Å². The van der Waals surface area contributed by atoms with E-state index in [4.69, 9.17) is 14.9 Å². The molecular formula is C42H66N10O16+2. The molecule has 68 heavy (non-hydrogen) atoms. The summed E-state index contributed by atoms with van der Waals surface area (Å²) in [7, 11) is 0. The summed E-state index contributed by atoms with van der Waals surface area (Å²) in [5.41, 5.74) is -1.93. The van der Waals surface area contributed by atoms with Crippen molar-refractivity contribution in [1.82, 2.24) is 39.8 Å². The molecule has 3 unspecified atom stereocenters. The molecule has 0 saturated heterocycles. The van der Waals surface area contributed by atoms with E-state index in [1.54, 1.807) is 47.8 Å². The summed E-state index contributed by atoms with van der Waals surface area (Å²) in [5.74, 6) is -7.05. The van der Waals surface area contributed by atoms with Crippen LogP contribution in [0.5, 0.6) is 0 Å². The van der Waals surface area contributed by atoms with Crippen LogP contribution >= 0.6 is 0 Å². The van der Waals surface area contributed by atoms with Crippen molar-refractivity contribution in [3.63, 3.8) is 0 Å². The normalized spacial score (nSPS) is 15.0. The molecule has 3 heterocycles. The fourth-order valence-corrected chi connectivity index (χ4v) is 8.03. The summed E-state index contributed by atoms with van der Waals surface area (Å²) in [4.78, 5) is 115. The number of amides is 5. The van der Waals surface area contributed by atoms with Crippen LogP contribution in [0.2, 0.25) is 0 Å². The highest BCUT2D eigenvalue weighted by atomic mass is 16.6. The van der Waals surface area contributed by atoms with E-state index in [9.17, 15) is 63.6 Å². The first-order chi connectivity index (χ1) is 31.8. The molecule has 9 N–H and O–H groups in total. The van der Waals surface area contributed by atoms with E-state index in [-0.39, 0.29) is 70.5 Å². The second-order valence-corrected chi connectivity index (χ2v) is 17.9. The topological polar surface area (TPSA) is 348 Å². The molecule has 0 fully saturated rings. The van der Waals surface area contributed by atoms with Gasteiger partial charge in [0, 0.05) is 24.0 Å². The van der Waals surface area contributed by atoms with E-state index in [0.717, 1.165) is 9.80 Å². The van der Waals surface area contributed by atoms with Crippen molar-refractivity contribution in [3.05, 3.63) is 36.4 Å². The lowest BCUT2D eigenvalue weighted by molar-refractivity contribution is -0.709. The number of carbonyl (C=O) groups excluding carboxylic acids is 4. The van der Waals surface area contributed by atoms with Gasteiger partial charge >= 0.3 is 35.9 Å². The van der Waals surface area contributed by atoms with Crippen LogP contribution in [0.25, 0.3) is 0 Å². The number of carboxylic acid groups (broad SMARTS) is 5. The van der Waals surface area contributed by atoms with Crippen molar-refractivity contribution in [1.29, 1.82) is 0 Å².